The standard InChI is InChI=1S/C21H21N5OS/c1-13-6-11-18(23-13)20-19(17-5-3-4-12-22-17)25-21(28)26(20)16-9-7-15(8-10-16)24-14(2)27/h3-12,19-20,23H,1-2H3,(H,24,27)(H,25,28). The zero-order valence-electron chi connectivity index (χ0n) is 15.6. The van der Waals surface area contributed by atoms with Gasteiger partial charge in [-0.05, 0) is 67.7 Å². The van der Waals surface area contributed by atoms with Gasteiger partial charge in [-0.3, -0.25) is 9.78 Å². The van der Waals surface area contributed by atoms with Crippen LogP contribution in [0.4, 0.5) is 11.4 Å². The van der Waals surface area contributed by atoms with Crippen molar-refractivity contribution in [1.82, 2.24) is 15.3 Å². The number of carbonyl (C=O) groups is 1. The first-order valence-corrected chi connectivity index (χ1v) is 9.47. The lowest BCUT2D eigenvalue weighted by Crippen LogP contribution is -2.29. The number of pyridine rings is 1. The number of aromatic nitrogens is 2. The molecule has 7 heteroatoms. The van der Waals surface area contributed by atoms with Crippen molar-refractivity contribution >= 4 is 34.6 Å². The number of amides is 1. The molecule has 0 saturated carbocycles. The molecule has 2 unspecified atom stereocenters. The van der Waals surface area contributed by atoms with E-state index in [1.54, 1.807) is 6.20 Å². The molecule has 4 rings (SSSR count). The van der Waals surface area contributed by atoms with Crippen molar-refractivity contribution in [2.45, 2.75) is 25.9 Å². The molecule has 1 fully saturated rings. The summed E-state index contributed by atoms with van der Waals surface area (Å²) in [5.74, 6) is -0.0962. The van der Waals surface area contributed by atoms with Crippen LogP contribution in [0.2, 0.25) is 0 Å². The highest BCUT2D eigenvalue weighted by molar-refractivity contribution is 7.80. The van der Waals surface area contributed by atoms with Gasteiger partial charge in [-0.25, -0.2) is 0 Å². The fourth-order valence-electron chi connectivity index (χ4n) is 3.56. The smallest absolute Gasteiger partial charge is 0.221 e. The second-order valence-corrected chi connectivity index (χ2v) is 7.21. The Kier molecular flexibility index (Phi) is 4.83. The van der Waals surface area contributed by atoms with E-state index < -0.39 is 0 Å². The highest BCUT2D eigenvalue weighted by Gasteiger charge is 2.41. The Morgan fingerprint density at radius 1 is 1.14 bits per heavy atom. The van der Waals surface area contributed by atoms with E-state index in [2.05, 4.69) is 37.6 Å². The molecule has 6 nitrogen and oxygen atoms in total. The van der Waals surface area contributed by atoms with Gasteiger partial charge >= 0.3 is 0 Å². The van der Waals surface area contributed by atoms with Crippen molar-refractivity contribution in [2.75, 3.05) is 10.2 Å². The van der Waals surface area contributed by atoms with Gasteiger partial charge in [-0.2, -0.15) is 0 Å². The number of anilines is 2. The van der Waals surface area contributed by atoms with E-state index in [9.17, 15) is 4.79 Å². The molecular weight excluding hydrogens is 370 g/mol. The van der Waals surface area contributed by atoms with Crippen LogP contribution in [0.1, 0.15) is 36.1 Å². The number of aryl methyl sites for hydroxylation is 1. The third kappa shape index (κ3) is 3.48. The summed E-state index contributed by atoms with van der Waals surface area (Å²) in [5, 5.41) is 6.86. The fourth-order valence-corrected chi connectivity index (χ4v) is 3.90. The van der Waals surface area contributed by atoms with Crippen molar-refractivity contribution in [1.29, 1.82) is 0 Å². The molecule has 1 saturated heterocycles. The first-order valence-electron chi connectivity index (χ1n) is 9.07. The third-order valence-corrected chi connectivity index (χ3v) is 5.05. The molecule has 0 spiro atoms. The predicted octanol–water partition coefficient (Wildman–Crippen LogP) is 3.85. The largest absolute Gasteiger partial charge is 0.361 e. The minimum atomic E-state index is -0.0962. The van der Waals surface area contributed by atoms with Gasteiger partial charge in [-0.15, -0.1) is 0 Å². The van der Waals surface area contributed by atoms with Crippen molar-refractivity contribution in [2.24, 2.45) is 0 Å². The number of carbonyl (C=O) groups excluding carboxylic acids is 1. The Labute approximate surface area is 169 Å². The Morgan fingerprint density at radius 2 is 1.93 bits per heavy atom. The average molecular weight is 392 g/mol. The molecule has 2 aromatic heterocycles. The molecular formula is C21H21N5OS. The summed E-state index contributed by atoms with van der Waals surface area (Å²) >= 11 is 5.69. The molecule has 0 bridgehead atoms. The topological polar surface area (TPSA) is 73.1 Å². The summed E-state index contributed by atoms with van der Waals surface area (Å²) in [6.45, 7) is 3.53. The van der Waals surface area contributed by atoms with Crippen LogP contribution in [0.25, 0.3) is 0 Å². The van der Waals surface area contributed by atoms with E-state index >= 15 is 0 Å². The minimum absolute atomic E-state index is 0.0669. The molecule has 0 radical (unpaired) electrons. The molecule has 3 N–H and O–H groups in total. The molecule has 3 heterocycles. The Balaban J connectivity index is 1.74. The minimum Gasteiger partial charge on any atom is -0.361 e. The molecule has 1 amide bonds. The van der Waals surface area contributed by atoms with Gasteiger partial charge < -0.3 is 20.5 Å². The molecule has 1 aromatic carbocycles. The number of H-pyrrole nitrogens is 1. The van der Waals surface area contributed by atoms with Crippen molar-refractivity contribution in [3.63, 3.8) is 0 Å². The van der Waals surface area contributed by atoms with Crippen LogP contribution in [0.3, 0.4) is 0 Å². The Bertz CT molecular complexity index is 999. The maximum Gasteiger partial charge on any atom is 0.221 e. The highest BCUT2D eigenvalue weighted by atomic mass is 32.1. The SMILES string of the molecule is CC(=O)Nc1ccc(N2C(=S)NC(c3ccccn3)C2c2ccc(C)[nH]2)cc1. The molecule has 28 heavy (non-hydrogen) atoms. The summed E-state index contributed by atoms with van der Waals surface area (Å²) < 4.78 is 0. The van der Waals surface area contributed by atoms with Crippen LogP contribution in [-0.4, -0.2) is 21.0 Å². The van der Waals surface area contributed by atoms with Crippen molar-refractivity contribution in [3.05, 3.63) is 77.9 Å². The number of aromatic amines is 1. The number of hydrogen-bond acceptors (Lipinski definition) is 3. The summed E-state index contributed by atoms with van der Waals surface area (Å²) in [6.07, 6.45) is 1.79. The highest BCUT2D eigenvalue weighted by Crippen LogP contribution is 2.41. The lowest BCUT2D eigenvalue weighted by molar-refractivity contribution is -0.114. The molecule has 142 valence electrons. The zero-order valence-corrected chi connectivity index (χ0v) is 16.5. The van der Waals surface area contributed by atoms with Gasteiger partial charge in [0, 0.05) is 35.9 Å². The number of thiocarbonyl (C=S) groups is 1. The van der Waals surface area contributed by atoms with E-state index in [4.69, 9.17) is 12.2 Å². The summed E-state index contributed by atoms with van der Waals surface area (Å²) in [7, 11) is 0. The van der Waals surface area contributed by atoms with E-state index in [1.165, 1.54) is 6.92 Å². The monoisotopic (exact) mass is 391 g/mol. The van der Waals surface area contributed by atoms with E-state index in [-0.39, 0.29) is 18.0 Å². The van der Waals surface area contributed by atoms with Crippen LogP contribution in [0, 0.1) is 6.92 Å². The van der Waals surface area contributed by atoms with E-state index in [0.29, 0.717) is 5.11 Å². The summed E-state index contributed by atoms with van der Waals surface area (Å²) in [4.78, 5) is 21.4. The quantitative estimate of drug-likeness (QED) is 0.589. The second kappa shape index (κ2) is 7.44. The molecule has 3 aromatic rings. The van der Waals surface area contributed by atoms with Gasteiger partial charge in [0.25, 0.3) is 0 Å². The third-order valence-electron chi connectivity index (χ3n) is 4.74. The van der Waals surface area contributed by atoms with Crippen LogP contribution < -0.4 is 15.5 Å². The van der Waals surface area contributed by atoms with Gasteiger partial charge in [0.15, 0.2) is 5.11 Å². The van der Waals surface area contributed by atoms with Crippen LogP contribution in [0.15, 0.2) is 60.8 Å². The maximum atomic E-state index is 11.3. The van der Waals surface area contributed by atoms with Crippen molar-refractivity contribution < 1.29 is 4.79 Å². The van der Waals surface area contributed by atoms with Gasteiger partial charge in [0.2, 0.25) is 5.91 Å². The lowest BCUT2D eigenvalue weighted by atomic mass is 10.0. The number of rotatable bonds is 4. The molecule has 1 aliphatic heterocycles. The summed E-state index contributed by atoms with van der Waals surface area (Å²) in [5.41, 5.74) is 4.78. The molecule has 0 aliphatic carbocycles. The van der Waals surface area contributed by atoms with Crippen molar-refractivity contribution in [3.8, 4) is 0 Å². The van der Waals surface area contributed by atoms with E-state index in [1.807, 2.05) is 49.4 Å². The maximum absolute atomic E-state index is 11.3. The van der Waals surface area contributed by atoms with Gasteiger partial charge in [0.1, 0.15) is 6.04 Å². The first kappa shape index (κ1) is 18.2. The molecule has 1 aliphatic rings. The Morgan fingerprint density at radius 3 is 2.54 bits per heavy atom. The van der Waals surface area contributed by atoms with E-state index in [0.717, 1.165) is 28.5 Å². The van der Waals surface area contributed by atoms with Gasteiger partial charge in [-0.1, -0.05) is 6.07 Å². The summed E-state index contributed by atoms with van der Waals surface area (Å²) in [6, 6.07) is 17.6. The number of nitrogens with one attached hydrogen (secondary N) is 3. The average Bonchev–Trinajstić information content (AvgIpc) is 3.26. The molecule has 2 atom stereocenters. The van der Waals surface area contributed by atoms with Crippen LogP contribution in [0.5, 0.6) is 0 Å². The van der Waals surface area contributed by atoms with Crippen LogP contribution >= 0.6 is 12.2 Å². The number of nitrogens with zero attached hydrogens (tertiary/aromatic N) is 2. The number of benzene rings is 1. The lowest BCUT2D eigenvalue weighted by Gasteiger charge is -2.27. The normalized spacial score (nSPS) is 18.8. The second-order valence-electron chi connectivity index (χ2n) is 6.82. The predicted molar refractivity (Wildman–Crippen MR) is 114 cm³/mol. The van der Waals surface area contributed by atoms with Gasteiger partial charge in [0.05, 0.1) is 11.7 Å². The van der Waals surface area contributed by atoms with Crippen LogP contribution in [-0.2, 0) is 4.79 Å². The Hall–Kier alpha value is -3.19. The zero-order chi connectivity index (χ0) is 19.7. The number of hydrogen-bond donors (Lipinski definition) is 3. The fraction of sp³-hybridized carbons (Fsp3) is 0.190. The first-order chi connectivity index (χ1) is 13.5.